The van der Waals surface area contributed by atoms with E-state index in [1.165, 1.54) is 38.5 Å². The van der Waals surface area contributed by atoms with Crippen molar-refractivity contribution >= 4 is 25.7 Å². The molecule has 0 saturated carbocycles. The Hall–Kier alpha value is -2.56. The molecule has 54 heavy (non-hydrogen) atoms. The number of rotatable bonds is 38. The van der Waals surface area contributed by atoms with Gasteiger partial charge in [0.05, 0.1) is 13.2 Å². The molecule has 0 amide bonds. The van der Waals surface area contributed by atoms with Crippen LogP contribution in [-0.4, -0.2) is 59.9 Å². The van der Waals surface area contributed by atoms with Crippen LogP contribution in [-0.2, 0) is 37.5 Å². The van der Waals surface area contributed by atoms with E-state index >= 15 is 0 Å². The highest BCUT2D eigenvalue weighted by Crippen LogP contribution is 2.43. The van der Waals surface area contributed by atoms with Gasteiger partial charge in [-0.25, -0.2) is 4.57 Å². The molecule has 312 valence electrons. The molecule has 12 heteroatoms. The maximum absolute atomic E-state index is 12.6. The molecule has 0 bridgehead atoms. The molecule has 0 heterocycles. The molecule has 0 saturated heterocycles. The van der Waals surface area contributed by atoms with Crippen molar-refractivity contribution in [2.75, 3.05) is 19.8 Å². The number of nitrogens with two attached hydrogens (primary N) is 1. The summed E-state index contributed by atoms with van der Waals surface area (Å²) in [5, 5.41) is 8.87. The van der Waals surface area contributed by atoms with Crippen LogP contribution in [0.25, 0.3) is 0 Å². The summed E-state index contributed by atoms with van der Waals surface area (Å²) in [7, 11) is -4.72. The Bertz CT molecular complexity index is 1110. The molecule has 4 N–H and O–H groups in total. The van der Waals surface area contributed by atoms with Gasteiger partial charge in [0.25, 0.3) is 0 Å². The molecule has 3 atom stereocenters. The number of aliphatic carboxylic acids is 1. The predicted molar refractivity (Wildman–Crippen MR) is 217 cm³/mol. The van der Waals surface area contributed by atoms with Crippen molar-refractivity contribution in [2.45, 2.75) is 180 Å². The van der Waals surface area contributed by atoms with Gasteiger partial charge in [-0.1, -0.05) is 133 Å². The van der Waals surface area contributed by atoms with E-state index < -0.39 is 51.1 Å². The smallest absolute Gasteiger partial charge is 0.472 e. The highest BCUT2D eigenvalue weighted by atomic mass is 31.2. The maximum Gasteiger partial charge on any atom is 0.472 e. The molecule has 0 aromatic rings. The number of carboxylic acid groups (broad SMARTS) is 1. The second kappa shape index (κ2) is 37.4. The lowest BCUT2D eigenvalue weighted by molar-refractivity contribution is -0.161. The van der Waals surface area contributed by atoms with Crippen LogP contribution in [0, 0.1) is 0 Å². The fourth-order valence-corrected chi connectivity index (χ4v) is 6.09. The van der Waals surface area contributed by atoms with Crippen LogP contribution >= 0.6 is 7.82 Å². The topological polar surface area (TPSA) is 172 Å². The third-order valence-electron chi connectivity index (χ3n) is 8.56. The summed E-state index contributed by atoms with van der Waals surface area (Å²) in [4.78, 5) is 45.9. The molecule has 0 spiro atoms. The van der Waals surface area contributed by atoms with E-state index in [4.69, 9.17) is 24.8 Å². The molecule has 11 nitrogen and oxygen atoms in total. The van der Waals surface area contributed by atoms with E-state index in [0.717, 1.165) is 89.9 Å². The average molecular weight is 784 g/mol. The molecular weight excluding hydrogens is 709 g/mol. The molecule has 0 fully saturated rings. The van der Waals surface area contributed by atoms with E-state index in [-0.39, 0.29) is 19.4 Å². The Labute approximate surface area is 326 Å². The van der Waals surface area contributed by atoms with E-state index in [2.05, 4.69) is 67.0 Å². The number of ether oxygens (including phenoxy) is 2. The maximum atomic E-state index is 12.6. The molecule has 1 unspecified atom stereocenters. The zero-order chi connectivity index (χ0) is 40.0. The van der Waals surface area contributed by atoms with Crippen molar-refractivity contribution in [1.29, 1.82) is 0 Å². The Morgan fingerprint density at radius 2 is 1.04 bits per heavy atom. The van der Waals surface area contributed by atoms with Gasteiger partial charge in [-0.2, -0.15) is 0 Å². The normalized spacial score (nSPS) is 14.3. The third kappa shape index (κ3) is 36.4. The minimum atomic E-state index is -4.72. The number of hydrogen-bond acceptors (Lipinski definition) is 9. The Morgan fingerprint density at radius 3 is 1.57 bits per heavy atom. The number of esters is 2. The summed E-state index contributed by atoms with van der Waals surface area (Å²) in [6, 6.07) is -1.53. The van der Waals surface area contributed by atoms with Crippen molar-refractivity contribution in [3.05, 3.63) is 48.6 Å². The lowest BCUT2D eigenvalue weighted by Crippen LogP contribution is -2.34. The Morgan fingerprint density at radius 1 is 0.593 bits per heavy atom. The third-order valence-corrected chi connectivity index (χ3v) is 9.51. The van der Waals surface area contributed by atoms with Gasteiger partial charge in [-0.15, -0.1) is 0 Å². The van der Waals surface area contributed by atoms with E-state index in [1.54, 1.807) is 0 Å². The Balaban J connectivity index is 4.44. The van der Waals surface area contributed by atoms with Crippen molar-refractivity contribution < 1.29 is 47.5 Å². The minimum Gasteiger partial charge on any atom is -0.480 e. The predicted octanol–water partition coefficient (Wildman–Crippen LogP) is 10.6. The van der Waals surface area contributed by atoms with Gasteiger partial charge < -0.3 is 25.2 Å². The Kier molecular flexibility index (Phi) is 35.6. The first-order valence-corrected chi connectivity index (χ1v) is 22.2. The number of allylic oxidation sites excluding steroid dienone is 8. The van der Waals surface area contributed by atoms with Crippen molar-refractivity contribution in [2.24, 2.45) is 5.73 Å². The van der Waals surface area contributed by atoms with Crippen molar-refractivity contribution in [1.82, 2.24) is 0 Å². The van der Waals surface area contributed by atoms with E-state index in [1.807, 2.05) is 0 Å². The van der Waals surface area contributed by atoms with Gasteiger partial charge in [0.15, 0.2) is 6.10 Å². The lowest BCUT2D eigenvalue weighted by atomic mass is 10.1. The fraction of sp³-hybridized carbons (Fsp3) is 0.738. The first-order chi connectivity index (χ1) is 26.1. The minimum absolute atomic E-state index is 0.139. The number of unbranched alkanes of at least 4 members (excludes halogenated alkanes) is 16. The first kappa shape index (κ1) is 51.4. The van der Waals surface area contributed by atoms with Crippen LogP contribution in [0.15, 0.2) is 48.6 Å². The molecule has 0 aromatic heterocycles. The summed E-state index contributed by atoms with van der Waals surface area (Å²) in [6.07, 6.45) is 40.3. The standard InChI is InChI=1S/C42H74NO10P/c1-3-5-7-9-11-13-15-17-19-21-23-25-27-29-31-33-40(44)50-35-38(36-51-54(48,49)52-37-39(43)42(46)47)53-41(45)34-32-30-28-26-24-22-20-18-16-14-12-10-8-6-4-2/h6,8,12,14,17-20,38-39H,3-5,7,9-11,13,15-16,21-37,43H2,1-2H3,(H,46,47)(H,48,49)/b8-6+,14-12+,19-17+,20-18+/t38-,39+/m1/s1. The van der Waals surface area contributed by atoms with Gasteiger partial charge in [0.1, 0.15) is 12.6 Å². The zero-order valence-electron chi connectivity index (χ0n) is 33.6. The summed E-state index contributed by atoms with van der Waals surface area (Å²) < 4.78 is 32.6. The number of carbonyl (C=O) groups excluding carboxylic acids is 2. The van der Waals surface area contributed by atoms with Crippen LogP contribution < -0.4 is 5.73 Å². The molecular formula is C42H74NO10P. The number of phosphoric ester groups is 1. The zero-order valence-corrected chi connectivity index (χ0v) is 34.4. The second-order valence-electron chi connectivity index (χ2n) is 13.7. The largest absolute Gasteiger partial charge is 0.480 e. The highest BCUT2D eigenvalue weighted by Gasteiger charge is 2.28. The quantitative estimate of drug-likeness (QED) is 0.0235. The number of hydrogen-bond donors (Lipinski definition) is 3. The number of carbonyl (C=O) groups is 3. The van der Waals surface area contributed by atoms with Gasteiger partial charge >= 0.3 is 25.7 Å². The monoisotopic (exact) mass is 784 g/mol. The summed E-state index contributed by atoms with van der Waals surface area (Å²) in [5.41, 5.74) is 5.32. The SMILES string of the molecule is CC/C=C/C/C=C/C/C=C/CCCCCCCC(=O)O[C@H](COC(=O)CCCCCCC/C=C/CCCCCCCC)COP(=O)(O)OC[C@H](N)C(=O)O. The van der Waals surface area contributed by atoms with E-state index in [9.17, 15) is 23.8 Å². The van der Waals surface area contributed by atoms with Crippen LogP contribution in [0.4, 0.5) is 0 Å². The molecule has 0 radical (unpaired) electrons. The van der Waals surface area contributed by atoms with Crippen LogP contribution in [0.3, 0.4) is 0 Å². The van der Waals surface area contributed by atoms with Gasteiger partial charge in [-0.3, -0.25) is 23.4 Å². The first-order valence-electron chi connectivity index (χ1n) is 20.7. The van der Waals surface area contributed by atoms with E-state index in [0.29, 0.717) is 12.8 Å². The summed E-state index contributed by atoms with van der Waals surface area (Å²) in [6.45, 7) is 2.65. The summed E-state index contributed by atoms with van der Waals surface area (Å²) >= 11 is 0. The summed E-state index contributed by atoms with van der Waals surface area (Å²) in [5.74, 6) is -2.41. The van der Waals surface area contributed by atoms with Crippen LogP contribution in [0.1, 0.15) is 168 Å². The molecule has 0 rings (SSSR count). The lowest BCUT2D eigenvalue weighted by Gasteiger charge is -2.20. The molecule has 0 aliphatic heterocycles. The van der Waals surface area contributed by atoms with Crippen molar-refractivity contribution in [3.63, 3.8) is 0 Å². The molecule has 0 aliphatic rings. The number of carboxylic acids is 1. The second-order valence-corrected chi connectivity index (χ2v) is 15.2. The number of phosphoric acid groups is 1. The molecule has 0 aliphatic carbocycles. The molecule has 0 aromatic carbocycles. The highest BCUT2D eigenvalue weighted by molar-refractivity contribution is 7.47. The van der Waals surface area contributed by atoms with Gasteiger partial charge in [-0.05, 0) is 70.6 Å². The van der Waals surface area contributed by atoms with Crippen LogP contribution in [0.5, 0.6) is 0 Å². The van der Waals surface area contributed by atoms with Crippen LogP contribution in [0.2, 0.25) is 0 Å². The van der Waals surface area contributed by atoms with Gasteiger partial charge in [0.2, 0.25) is 0 Å². The average Bonchev–Trinajstić information content (AvgIpc) is 3.14. The van der Waals surface area contributed by atoms with Crippen molar-refractivity contribution in [3.8, 4) is 0 Å². The van der Waals surface area contributed by atoms with Gasteiger partial charge in [0, 0.05) is 12.8 Å². The fourth-order valence-electron chi connectivity index (χ4n) is 5.31.